The zero-order valence-electron chi connectivity index (χ0n) is 16.8. The first-order valence-electron chi connectivity index (χ1n) is 9.73. The first-order chi connectivity index (χ1) is 14.5. The number of nitrogens with zero attached hydrogens (tertiary/aromatic N) is 2. The van der Waals surface area contributed by atoms with Crippen LogP contribution in [0.15, 0.2) is 45.8 Å². The molecule has 0 saturated carbocycles. The van der Waals surface area contributed by atoms with E-state index >= 15 is 4.39 Å². The highest BCUT2D eigenvalue weighted by Crippen LogP contribution is 2.38. The number of fused-ring (bicyclic) bond motifs is 2. The van der Waals surface area contributed by atoms with Crippen molar-refractivity contribution in [2.75, 3.05) is 0 Å². The molecule has 0 aliphatic carbocycles. The largest absolute Gasteiger partial charge is 0.361 e. The van der Waals surface area contributed by atoms with Crippen molar-refractivity contribution in [3.8, 4) is 22.3 Å². The minimum Gasteiger partial charge on any atom is -0.361 e. The van der Waals surface area contributed by atoms with E-state index in [0.717, 1.165) is 28.8 Å². The van der Waals surface area contributed by atoms with E-state index in [2.05, 4.69) is 20.1 Å². The van der Waals surface area contributed by atoms with Crippen LogP contribution in [-0.2, 0) is 6.42 Å². The quantitative estimate of drug-likeness (QED) is 0.442. The second-order valence-corrected chi connectivity index (χ2v) is 7.37. The van der Waals surface area contributed by atoms with E-state index in [-0.39, 0.29) is 11.5 Å². The van der Waals surface area contributed by atoms with Crippen LogP contribution in [0, 0.1) is 19.7 Å². The number of hydrogen-bond acceptors (Lipinski definition) is 4. The van der Waals surface area contributed by atoms with Crippen molar-refractivity contribution < 1.29 is 8.91 Å². The number of aromatic amines is 2. The van der Waals surface area contributed by atoms with Gasteiger partial charge in [-0.05, 0) is 61.2 Å². The van der Waals surface area contributed by atoms with Crippen molar-refractivity contribution in [1.29, 1.82) is 0 Å². The molecule has 7 heteroatoms. The molecule has 150 valence electrons. The van der Waals surface area contributed by atoms with Crippen LogP contribution in [0.3, 0.4) is 0 Å². The molecule has 0 fully saturated rings. The van der Waals surface area contributed by atoms with Crippen molar-refractivity contribution in [2.24, 2.45) is 0 Å². The number of H-pyrrole nitrogens is 2. The van der Waals surface area contributed by atoms with E-state index < -0.39 is 0 Å². The Balaban J connectivity index is 1.91. The lowest BCUT2D eigenvalue weighted by Crippen LogP contribution is -1.99. The molecule has 5 aromatic rings. The molecule has 0 amide bonds. The highest BCUT2D eigenvalue weighted by Gasteiger charge is 2.19. The monoisotopic (exact) mass is 402 g/mol. The fourth-order valence-corrected chi connectivity index (χ4v) is 4.19. The molecule has 0 unspecified atom stereocenters. The van der Waals surface area contributed by atoms with Crippen LogP contribution in [0.5, 0.6) is 0 Å². The number of imidazole rings is 1. The van der Waals surface area contributed by atoms with Gasteiger partial charge in [0.25, 0.3) is 0 Å². The van der Waals surface area contributed by atoms with Crippen molar-refractivity contribution >= 4 is 21.9 Å². The normalized spacial score (nSPS) is 11.6. The molecule has 0 spiro atoms. The summed E-state index contributed by atoms with van der Waals surface area (Å²) in [5.41, 5.74) is 6.33. The second kappa shape index (κ2) is 6.66. The van der Waals surface area contributed by atoms with E-state index in [1.165, 1.54) is 6.07 Å². The van der Waals surface area contributed by atoms with E-state index in [1.54, 1.807) is 18.3 Å². The zero-order valence-corrected chi connectivity index (χ0v) is 16.8. The maximum absolute atomic E-state index is 15.0. The standard InChI is InChI=1S/C23H19FN4O2/c1-4-13-5-6-17(24)20-15(7-8-25-21(13)20)16-9-14(19-11(2)28-30-12(19)3)10-18-22(16)27-23(29)26-18/h5-10H,4H2,1-3H3,(H2,26,27,29). The van der Waals surface area contributed by atoms with Crippen molar-refractivity contribution in [3.05, 3.63) is 69.8 Å². The van der Waals surface area contributed by atoms with Crippen LogP contribution in [0.25, 0.3) is 44.2 Å². The molecule has 0 saturated heterocycles. The molecule has 0 aliphatic rings. The van der Waals surface area contributed by atoms with Crippen LogP contribution in [0.1, 0.15) is 23.9 Å². The van der Waals surface area contributed by atoms with Crippen LogP contribution < -0.4 is 5.69 Å². The lowest BCUT2D eigenvalue weighted by molar-refractivity contribution is 0.393. The summed E-state index contributed by atoms with van der Waals surface area (Å²) in [5, 5.41) is 4.48. The summed E-state index contributed by atoms with van der Waals surface area (Å²) >= 11 is 0. The van der Waals surface area contributed by atoms with Crippen LogP contribution in [0.4, 0.5) is 4.39 Å². The SMILES string of the molecule is CCc1ccc(F)c2c(-c3cc(-c4c(C)noc4C)cc4[nH]c(=O)[nH]c34)ccnc12. The van der Waals surface area contributed by atoms with Gasteiger partial charge in [0.2, 0.25) is 0 Å². The Labute approximate surface area is 170 Å². The lowest BCUT2D eigenvalue weighted by atomic mass is 9.93. The lowest BCUT2D eigenvalue weighted by Gasteiger charge is -2.12. The van der Waals surface area contributed by atoms with Gasteiger partial charge in [-0.2, -0.15) is 0 Å². The number of nitrogens with one attached hydrogen (secondary N) is 2. The van der Waals surface area contributed by atoms with Crippen LogP contribution in [-0.4, -0.2) is 20.1 Å². The van der Waals surface area contributed by atoms with E-state index in [0.29, 0.717) is 38.8 Å². The predicted molar refractivity (Wildman–Crippen MR) is 114 cm³/mol. The third-order valence-corrected chi connectivity index (χ3v) is 5.54. The maximum atomic E-state index is 15.0. The van der Waals surface area contributed by atoms with Gasteiger partial charge < -0.3 is 14.5 Å². The Bertz CT molecular complexity index is 1470. The number of rotatable bonds is 3. The predicted octanol–water partition coefficient (Wildman–Crippen LogP) is 5.04. The molecule has 0 bridgehead atoms. The Morgan fingerprint density at radius 1 is 1.10 bits per heavy atom. The summed E-state index contributed by atoms with van der Waals surface area (Å²) in [5.74, 6) is 0.328. The second-order valence-electron chi connectivity index (χ2n) is 7.37. The molecule has 0 aliphatic heterocycles. The molecular formula is C23H19FN4O2. The van der Waals surface area contributed by atoms with Gasteiger partial charge in [0, 0.05) is 22.7 Å². The summed E-state index contributed by atoms with van der Waals surface area (Å²) < 4.78 is 20.3. The maximum Gasteiger partial charge on any atom is 0.323 e. The molecule has 6 nitrogen and oxygen atoms in total. The number of aromatic nitrogens is 4. The minimum atomic E-state index is -0.348. The summed E-state index contributed by atoms with van der Waals surface area (Å²) in [4.78, 5) is 22.2. The molecule has 0 radical (unpaired) electrons. The van der Waals surface area contributed by atoms with E-state index in [1.807, 2.05) is 32.9 Å². The van der Waals surface area contributed by atoms with Gasteiger partial charge in [-0.3, -0.25) is 4.98 Å². The average Bonchev–Trinajstić information content (AvgIpc) is 3.27. The molecule has 5 rings (SSSR count). The highest BCUT2D eigenvalue weighted by molar-refractivity contribution is 6.05. The number of benzene rings is 2. The van der Waals surface area contributed by atoms with Gasteiger partial charge in [-0.15, -0.1) is 0 Å². The molecular weight excluding hydrogens is 383 g/mol. The number of hydrogen-bond donors (Lipinski definition) is 2. The van der Waals surface area contributed by atoms with Crippen LogP contribution >= 0.6 is 0 Å². The summed E-state index contributed by atoms with van der Waals surface area (Å²) in [6.07, 6.45) is 2.41. The number of halogens is 1. The van der Waals surface area contributed by atoms with Gasteiger partial charge in [-0.1, -0.05) is 18.1 Å². The van der Waals surface area contributed by atoms with Crippen molar-refractivity contribution in [1.82, 2.24) is 20.1 Å². The Kier molecular flexibility index (Phi) is 4.06. The molecule has 2 aromatic carbocycles. The number of aryl methyl sites for hydroxylation is 3. The van der Waals surface area contributed by atoms with Crippen molar-refractivity contribution in [3.63, 3.8) is 0 Å². The Morgan fingerprint density at radius 2 is 1.93 bits per heavy atom. The van der Waals surface area contributed by atoms with Crippen LogP contribution in [0.2, 0.25) is 0 Å². The van der Waals surface area contributed by atoms with Gasteiger partial charge in [-0.25, -0.2) is 9.18 Å². The summed E-state index contributed by atoms with van der Waals surface area (Å²) in [6.45, 7) is 5.72. The fraction of sp³-hybridized carbons (Fsp3) is 0.174. The molecule has 2 N–H and O–H groups in total. The topological polar surface area (TPSA) is 87.6 Å². The van der Waals surface area contributed by atoms with Gasteiger partial charge in [0.15, 0.2) is 0 Å². The van der Waals surface area contributed by atoms with Gasteiger partial charge in [0.05, 0.1) is 22.2 Å². The average molecular weight is 402 g/mol. The van der Waals surface area contributed by atoms with Crippen molar-refractivity contribution in [2.45, 2.75) is 27.2 Å². The minimum absolute atomic E-state index is 0.324. The first kappa shape index (κ1) is 18.3. The highest BCUT2D eigenvalue weighted by atomic mass is 19.1. The third-order valence-electron chi connectivity index (χ3n) is 5.54. The van der Waals surface area contributed by atoms with E-state index in [4.69, 9.17) is 4.52 Å². The Hall–Kier alpha value is -3.74. The smallest absolute Gasteiger partial charge is 0.323 e. The third kappa shape index (κ3) is 2.66. The van der Waals surface area contributed by atoms with E-state index in [9.17, 15) is 4.79 Å². The molecule has 3 aromatic heterocycles. The molecule has 3 heterocycles. The summed E-state index contributed by atoms with van der Waals surface area (Å²) in [7, 11) is 0. The molecule has 0 atom stereocenters. The zero-order chi connectivity index (χ0) is 21.0. The fourth-order valence-electron chi connectivity index (χ4n) is 4.19. The Morgan fingerprint density at radius 3 is 2.67 bits per heavy atom. The number of pyridine rings is 1. The van der Waals surface area contributed by atoms with Gasteiger partial charge in [0.1, 0.15) is 11.6 Å². The summed E-state index contributed by atoms with van der Waals surface area (Å²) in [6, 6.07) is 8.83. The van der Waals surface area contributed by atoms with Gasteiger partial charge >= 0.3 is 5.69 Å². The first-order valence-corrected chi connectivity index (χ1v) is 9.73. The molecule has 30 heavy (non-hydrogen) atoms.